The number of likely N-dealkylation sites (tertiary alicyclic amines) is 1. The minimum absolute atomic E-state index is 0.186. The molecule has 10 heteroatoms. The maximum atomic E-state index is 12.5. The number of aromatic nitrogens is 2. The molecule has 0 bridgehead atoms. The molecule has 2 heterocycles. The number of primary amides is 1. The van der Waals surface area contributed by atoms with Crippen LogP contribution >= 0.6 is 0 Å². The fraction of sp³-hybridized carbons (Fsp3) is 0.250. The van der Waals surface area contributed by atoms with E-state index >= 15 is 0 Å². The molecule has 1 aromatic heterocycles. The zero-order valence-electron chi connectivity index (χ0n) is 18.6. The molecule has 1 atom stereocenters. The first-order chi connectivity index (χ1) is 16.5. The Morgan fingerprint density at radius 1 is 1.12 bits per heavy atom. The van der Waals surface area contributed by atoms with Gasteiger partial charge in [0, 0.05) is 37.2 Å². The minimum Gasteiger partial charge on any atom is -0.391 e. The summed E-state index contributed by atoms with van der Waals surface area (Å²) in [6.45, 7) is 1.40. The Kier molecular flexibility index (Phi) is 7.19. The number of piperidine rings is 1. The van der Waals surface area contributed by atoms with Crippen molar-refractivity contribution in [2.45, 2.75) is 25.5 Å². The average molecular weight is 462 g/mol. The van der Waals surface area contributed by atoms with E-state index in [-0.39, 0.29) is 17.5 Å². The number of hydrogen-bond acceptors (Lipinski definition) is 7. The van der Waals surface area contributed by atoms with Crippen molar-refractivity contribution in [1.29, 1.82) is 0 Å². The first kappa shape index (κ1) is 23.0. The van der Waals surface area contributed by atoms with Crippen molar-refractivity contribution in [3.8, 4) is 0 Å². The first-order valence-corrected chi connectivity index (χ1v) is 11.0. The zero-order chi connectivity index (χ0) is 23.9. The number of nitrogens with one attached hydrogen (secondary N) is 3. The number of β-amino-alcohol motifs (C(OH)–C–C–N with tert-alkyl or cyclic N) is 1. The largest absolute Gasteiger partial charge is 0.391 e. The molecule has 1 aliphatic rings. The number of carbonyl (C=O) groups is 2. The summed E-state index contributed by atoms with van der Waals surface area (Å²) >= 11 is 0. The van der Waals surface area contributed by atoms with Crippen molar-refractivity contribution in [2.24, 2.45) is 5.73 Å². The molecule has 10 nitrogen and oxygen atoms in total. The van der Waals surface area contributed by atoms with Crippen LogP contribution in [0, 0.1) is 0 Å². The molecule has 1 unspecified atom stereocenters. The number of benzene rings is 2. The summed E-state index contributed by atoms with van der Waals surface area (Å²) in [6, 6.07) is 16.6. The molecular formula is C24H27N7O3. The van der Waals surface area contributed by atoms with Gasteiger partial charge in [0.25, 0.3) is 5.91 Å². The van der Waals surface area contributed by atoms with Gasteiger partial charge in [-0.1, -0.05) is 36.4 Å². The Bertz CT molecular complexity index is 1160. The quantitative estimate of drug-likeness (QED) is 0.364. The number of urea groups is 1. The minimum atomic E-state index is -0.630. The normalized spacial score (nSPS) is 15.4. The molecule has 3 aromatic rings. The van der Waals surface area contributed by atoms with Crippen molar-refractivity contribution in [3.05, 3.63) is 71.9 Å². The number of nitrogens with two attached hydrogens (primary N) is 1. The lowest BCUT2D eigenvalue weighted by molar-refractivity contribution is 0.0883. The Balaban J connectivity index is 1.45. The maximum Gasteiger partial charge on any atom is 0.321 e. The maximum absolute atomic E-state index is 12.5. The smallest absolute Gasteiger partial charge is 0.321 e. The summed E-state index contributed by atoms with van der Waals surface area (Å²) in [4.78, 5) is 34.6. The van der Waals surface area contributed by atoms with Gasteiger partial charge >= 0.3 is 6.03 Å². The van der Waals surface area contributed by atoms with E-state index in [1.165, 1.54) is 6.20 Å². The van der Waals surface area contributed by atoms with Crippen LogP contribution in [0.4, 0.5) is 27.9 Å². The molecule has 0 aliphatic carbocycles. The van der Waals surface area contributed by atoms with Crippen LogP contribution in [0.15, 0.2) is 60.8 Å². The second-order valence-corrected chi connectivity index (χ2v) is 8.04. The van der Waals surface area contributed by atoms with Gasteiger partial charge in [-0.25, -0.2) is 9.78 Å². The molecular weight excluding hydrogens is 434 g/mol. The van der Waals surface area contributed by atoms with Gasteiger partial charge in [0.15, 0.2) is 0 Å². The van der Waals surface area contributed by atoms with Crippen LogP contribution in [0.3, 0.4) is 0 Å². The van der Waals surface area contributed by atoms with Gasteiger partial charge in [-0.15, -0.1) is 0 Å². The van der Waals surface area contributed by atoms with Crippen molar-refractivity contribution >= 4 is 35.1 Å². The molecule has 0 spiro atoms. The third-order valence-electron chi connectivity index (χ3n) is 5.41. The monoisotopic (exact) mass is 461 g/mol. The topological polar surface area (TPSA) is 146 Å². The summed E-state index contributed by atoms with van der Waals surface area (Å²) in [6.07, 6.45) is 2.37. The van der Waals surface area contributed by atoms with Gasteiger partial charge in [-0.2, -0.15) is 4.98 Å². The molecule has 6 N–H and O–H groups in total. The molecule has 1 fully saturated rings. The second kappa shape index (κ2) is 10.6. The number of nitrogens with zero attached hydrogens (tertiary/aromatic N) is 3. The zero-order valence-corrected chi connectivity index (χ0v) is 18.6. The third kappa shape index (κ3) is 5.99. The van der Waals surface area contributed by atoms with Crippen molar-refractivity contribution in [3.63, 3.8) is 0 Å². The van der Waals surface area contributed by atoms with E-state index in [9.17, 15) is 14.7 Å². The third-order valence-corrected chi connectivity index (χ3v) is 5.41. The van der Waals surface area contributed by atoms with E-state index in [2.05, 4.69) is 25.9 Å². The van der Waals surface area contributed by atoms with E-state index in [4.69, 9.17) is 5.73 Å². The molecule has 3 amide bonds. The fourth-order valence-corrected chi connectivity index (χ4v) is 3.68. The van der Waals surface area contributed by atoms with Crippen LogP contribution in [0.1, 0.15) is 28.8 Å². The molecule has 0 saturated carbocycles. The van der Waals surface area contributed by atoms with E-state index in [0.717, 1.165) is 12.0 Å². The summed E-state index contributed by atoms with van der Waals surface area (Å²) in [5.41, 5.74) is 7.93. The number of anilines is 4. The Morgan fingerprint density at radius 3 is 2.68 bits per heavy atom. The lowest BCUT2D eigenvalue weighted by Crippen LogP contribution is -2.44. The molecule has 34 heavy (non-hydrogen) atoms. The van der Waals surface area contributed by atoms with E-state index in [1.807, 2.05) is 36.4 Å². The summed E-state index contributed by atoms with van der Waals surface area (Å²) < 4.78 is 0. The van der Waals surface area contributed by atoms with E-state index in [0.29, 0.717) is 43.2 Å². The summed E-state index contributed by atoms with van der Waals surface area (Å²) in [7, 11) is 0. The Labute approximate surface area is 197 Å². The van der Waals surface area contributed by atoms with Crippen molar-refractivity contribution in [1.82, 2.24) is 14.9 Å². The van der Waals surface area contributed by atoms with Gasteiger partial charge in [-0.3, -0.25) is 4.79 Å². The molecule has 1 saturated heterocycles. The highest BCUT2D eigenvalue weighted by Gasteiger charge is 2.22. The van der Waals surface area contributed by atoms with Gasteiger partial charge in [0.2, 0.25) is 5.95 Å². The molecule has 0 radical (unpaired) electrons. The SMILES string of the molecule is NC(=O)c1cnc(Nc2cccc(NC(=O)N3CCCC(O)C3)c2)nc1NCc1ccccc1. The standard InChI is InChI=1S/C24H27N7O3/c25-21(33)20-14-27-23(30-22(20)26-13-16-6-2-1-3-7-16)28-17-8-4-9-18(12-17)29-24(34)31-11-5-10-19(32)15-31/h1-4,6-9,12,14,19,32H,5,10-11,13,15H2,(H2,25,33)(H,29,34)(H2,26,27,28,30). The van der Waals surface area contributed by atoms with Gasteiger partial charge in [0.1, 0.15) is 5.82 Å². The average Bonchev–Trinajstić information content (AvgIpc) is 2.83. The van der Waals surface area contributed by atoms with Gasteiger partial charge in [0.05, 0.1) is 11.7 Å². The summed E-state index contributed by atoms with van der Waals surface area (Å²) in [5, 5.41) is 18.9. The van der Waals surface area contributed by atoms with Crippen LogP contribution in [0.5, 0.6) is 0 Å². The number of rotatable bonds is 7. The predicted molar refractivity (Wildman–Crippen MR) is 130 cm³/mol. The van der Waals surface area contributed by atoms with Crippen LogP contribution in [-0.4, -0.2) is 51.1 Å². The van der Waals surface area contributed by atoms with Crippen LogP contribution < -0.4 is 21.7 Å². The second-order valence-electron chi connectivity index (χ2n) is 8.04. The number of hydrogen-bond donors (Lipinski definition) is 5. The highest BCUT2D eigenvalue weighted by atomic mass is 16.3. The lowest BCUT2D eigenvalue weighted by Gasteiger charge is -2.30. The molecule has 2 aromatic carbocycles. The Hall–Kier alpha value is -4.18. The number of aliphatic hydroxyl groups is 1. The lowest BCUT2D eigenvalue weighted by atomic mass is 10.1. The Morgan fingerprint density at radius 2 is 1.91 bits per heavy atom. The van der Waals surface area contributed by atoms with Crippen LogP contribution in [0.2, 0.25) is 0 Å². The predicted octanol–water partition coefficient (Wildman–Crippen LogP) is 2.92. The molecule has 176 valence electrons. The van der Waals surface area contributed by atoms with Gasteiger partial charge < -0.3 is 31.7 Å². The molecule has 4 rings (SSSR count). The fourth-order valence-electron chi connectivity index (χ4n) is 3.68. The van der Waals surface area contributed by atoms with Gasteiger partial charge in [-0.05, 0) is 36.6 Å². The van der Waals surface area contributed by atoms with Crippen molar-refractivity contribution in [2.75, 3.05) is 29.0 Å². The van der Waals surface area contributed by atoms with Crippen LogP contribution in [-0.2, 0) is 6.54 Å². The highest BCUT2D eigenvalue weighted by Crippen LogP contribution is 2.21. The molecule has 1 aliphatic heterocycles. The van der Waals surface area contributed by atoms with E-state index in [1.54, 1.807) is 23.1 Å². The van der Waals surface area contributed by atoms with Crippen LogP contribution in [0.25, 0.3) is 0 Å². The number of amides is 3. The summed E-state index contributed by atoms with van der Waals surface area (Å²) in [5.74, 6) is -0.0418. The number of aliphatic hydroxyl groups excluding tert-OH is 1. The number of carbonyl (C=O) groups excluding carboxylic acids is 2. The van der Waals surface area contributed by atoms with E-state index < -0.39 is 12.0 Å². The van der Waals surface area contributed by atoms with Crippen molar-refractivity contribution < 1.29 is 14.7 Å². The highest BCUT2D eigenvalue weighted by molar-refractivity contribution is 5.97. The first-order valence-electron chi connectivity index (χ1n) is 11.0.